The predicted molar refractivity (Wildman–Crippen MR) is 15.8 cm³/mol. The van der Waals surface area contributed by atoms with Crippen LogP contribution in [0.2, 0.25) is 0 Å². The van der Waals surface area contributed by atoms with Crippen molar-refractivity contribution in [2.45, 2.75) is 0 Å². The molecule has 0 saturated heterocycles. The Balaban J connectivity index is -0.0000000800. The first-order chi connectivity index (χ1) is 2.00. The van der Waals surface area contributed by atoms with E-state index in [0.29, 0.717) is 0 Å². The number of hydrogen-bond donors (Lipinski definition) is 0. The summed E-state index contributed by atoms with van der Waals surface area (Å²) >= 11 is 0. The second-order valence-electron chi connectivity index (χ2n) is 0.408. The van der Waals surface area contributed by atoms with Gasteiger partial charge in [0.25, 0.3) is 0 Å². The van der Waals surface area contributed by atoms with Crippen LogP contribution >= 0.6 is 0 Å². The molecule has 0 heterocycles. The van der Waals surface area contributed by atoms with Crippen molar-refractivity contribution in [2.75, 3.05) is 0 Å². The molecule has 0 spiro atoms. The van der Waals surface area contributed by atoms with Crippen LogP contribution < -0.4 is 0 Å². The van der Waals surface area contributed by atoms with Gasteiger partial charge >= 0.3 is 16.5 Å². The molecule has 0 aliphatic heterocycles. The standard InChI is InChI=1S/H2N.Ni.H2O4S/c;;1-5(2,3)4/h1H2;;(H2,1,2,3,4)/q-1;+3;/p-2. The maximum Gasteiger partial charge on any atom is 3.00 e. The van der Waals surface area contributed by atoms with Gasteiger partial charge in [0.05, 0.1) is 0 Å². The van der Waals surface area contributed by atoms with E-state index in [1.807, 2.05) is 0 Å². The van der Waals surface area contributed by atoms with E-state index in [1.165, 1.54) is 0 Å². The number of nitrogens with two attached hydrogens (primary N) is 1. The zero-order chi connectivity index (χ0) is 4.50. The van der Waals surface area contributed by atoms with Gasteiger partial charge in [0.15, 0.2) is 0 Å². The molecule has 0 aliphatic carbocycles. The molecular formula is H2NNiO4S. The van der Waals surface area contributed by atoms with Crippen LogP contribution in [-0.2, 0) is 26.9 Å². The van der Waals surface area contributed by atoms with E-state index in [1.54, 1.807) is 0 Å². The molecule has 1 radical (unpaired) electrons. The topological polar surface area (TPSA) is 114 Å². The summed E-state index contributed by atoms with van der Waals surface area (Å²) in [6, 6.07) is 0. The van der Waals surface area contributed by atoms with Crippen molar-refractivity contribution in [3.05, 3.63) is 6.15 Å². The second kappa shape index (κ2) is 4.48. The molecule has 0 fully saturated rings. The van der Waals surface area contributed by atoms with Crippen LogP contribution in [0.1, 0.15) is 0 Å². The van der Waals surface area contributed by atoms with Crippen LogP contribution in [-0.4, -0.2) is 17.5 Å². The fourth-order valence-corrected chi connectivity index (χ4v) is 0. The Labute approximate surface area is 51.2 Å². The smallest absolute Gasteiger partial charge is 0.759 e. The molecule has 0 aromatic rings. The summed E-state index contributed by atoms with van der Waals surface area (Å²) in [6.45, 7) is 0. The molecule has 7 heavy (non-hydrogen) atoms. The average molecular weight is 171 g/mol. The van der Waals surface area contributed by atoms with Crippen molar-refractivity contribution in [3.63, 3.8) is 0 Å². The molecule has 2 N–H and O–H groups in total. The van der Waals surface area contributed by atoms with Crippen molar-refractivity contribution in [3.8, 4) is 0 Å². The van der Waals surface area contributed by atoms with E-state index < -0.39 is 10.4 Å². The fourth-order valence-electron chi connectivity index (χ4n) is 0. The van der Waals surface area contributed by atoms with Gasteiger partial charge in [0, 0.05) is 10.4 Å². The molecule has 0 bridgehead atoms. The van der Waals surface area contributed by atoms with Gasteiger partial charge in [-0.3, -0.25) is 8.42 Å². The Bertz CT molecular complexity index is 94.9. The minimum absolute atomic E-state index is 0. The Hall–Kier alpha value is 0.324. The van der Waals surface area contributed by atoms with Crippen molar-refractivity contribution in [1.82, 2.24) is 0 Å². The third-order valence-electron chi connectivity index (χ3n) is 0. The Morgan fingerprint density at radius 2 is 1.14 bits per heavy atom. The molecule has 0 amide bonds. The van der Waals surface area contributed by atoms with Crippen LogP contribution in [0.15, 0.2) is 0 Å². The van der Waals surface area contributed by atoms with Crippen LogP contribution in [0, 0.1) is 0 Å². The molecule has 5 nitrogen and oxygen atoms in total. The van der Waals surface area contributed by atoms with Crippen LogP contribution in [0.25, 0.3) is 6.15 Å². The van der Waals surface area contributed by atoms with Gasteiger partial charge in [0.1, 0.15) is 0 Å². The summed E-state index contributed by atoms with van der Waals surface area (Å²) in [6.07, 6.45) is 0. The summed E-state index contributed by atoms with van der Waals surface area (Å²) in [5, 5.41) is 0. The normalized spacial score (nSPS) is 8.29. The van der Waals surface area contributed by atoms with E-state index in [9.17, 15) is 0 Å². The fraction of sp³-hybridized carbons (Fsp3) is 0. The van der Waals surface area contributed by atoms with Crippen LogP contribution in [0.5, 0.6) is 0 Å². The van der Waals surface area contributed by atoms with Crippen LogP contribution in [0.4, 0.5) is 0 Å². The van der Waals surface area contributed by atoms with E-state index in [4.69, 9.17) is 17.5 Å². The molecule has 0 aliphatic rings. The monoisotopic (exact) mass is 170 g/mol. The summed E-state index contributed by atoms with van der Waals surface area (Å²) < 4.78 is 34.1. The van der Waals surface area contributed by atoms with Crippen molar-refractivity contribution in [1.29, 1.82) is 0 Å². The minimum Gasteiger partial charge on any atom is -0.759 e. The van der Waals surface area contributed by atoms with Crippen molar-refractivity contribution >= 4 is 10.4 Å². The van der Waals surface area contributed by atoms with Crippen LogP contribution in [0.3, 0.4) is 0 Å². The first-order valence-corrected chi connectivity index (χ1v) is 2.00. The molecule has 0 saturated carbocycles. The summed E-state index contributed by atoms with van der Waals surface area (Å²) in [5.74, 6) is 0. The van der Waals surface area contributed by atoms with E-state index >= 15 is 0 Å². The summed E-state index contributed by atoms with van der Waals surface area (Å²) in [5.41, 5.74) is 0. The van der Waals surface area contributed by atoms with Gasteiger partial charge in [-0.2, -0.15) is 0 Å². The molecule has 0 unspecified atom stereocenters. The first-order valence-electron chi connectivity index (χ1n) is 0.667. The van der Waals surface area contributed by atoms with Gasteiger partial charge in [-0.05, 0) is 0 Å². The Kier molecular flexibility index (Phi) is 10.0. The third-order valence-corrected chi connectivity index (χ3v) is 0. The molecule has 0 aromatic carbocycles. The third kappa shape index (κ3) is 1130. The van der Waals surface area contributed by atoms with Crippen molar-refractivity contribution in [2.24, 2.45) is 0 Å². The van der Waals surface area contributed by atoms with Gasteiger partial charge in [-0.15, -0.1) is 0 Å². The molecule has 0 atom stereocenters. The molecule has 47 valence electrons. The zero-order valence-corrected chi connectivity index (χ0v) is 4.74. The van der Waals surface area contributed by atoms with Crippen molar-refractivity contribution < 1.29 is 34.0 Å². The van der Waals surface area contributed by atoms with Gasteiger partial charge < -0.3 is 15.3 Å². The average Bonchev–Trinajstić information content (AvgIpc) is 0.722. The molecular weight excluding hydrogens is 169 g/mol. The number of rotatable bonds is 0. The second-order valence-corrected chi connectivity index (χ2v) is 1.22. The Morgan fingerprint density at radius 3 is 1.14 bits per heavy atom. The quantitative estimate of drug-likeness (QED) is 0.274. The predicted octanol–water partition coefficient (Wildman–Crippen LogP) is -0.623. The largest absolute Gasteiger partial charge is 3.00 e. The van der Waals surface area contributed by atoms with E-state index in [-0.39, 0.29) is 22.6 Å². The molecule has 0 aromatic heterocycles. The maximum atomic E-state index is 8.52. The Morgan fingerprint density at radius 1 is 1.14 bits per heavy atom. The van der Waals surface area contributed by atoms with Gasteiger partial charge in [0.2, 0.25) is 0 Å². The summed E-state index contributed by atoms with van der Waals surface area (Å²) in [7, 11) is -5.17. The van der Waals surface area contributed by atoms with Gasteiger partial charge in [-0.1, -0.05) is 0 Å². The zero-order valence-electron chi connectivity index (χ0n) is 2.93. The molecule has 0 rings (SSSR count). The maximum absolute atomic E-state index is 8.52. The molecule has 7 heteroatoms. The van der Waals surface area contributed by atoms with Gasteiger partial charge in [-0.25, -0.2) is 0 Å². The number of hydrogen-bond acceptors (Lipinski definition) is 4. The van der Waals surface area contributed by atoms with E-state index in [0.717, 1.165) is 0 Å². The first kappa shape index (κ1) is 15.7. The summed E-state index contributed by atoms with van der Waals surface area (Å²) in [4.78, 5) is 0. The SMILES string of the molecule is O=S(=O)([O-])[O-].[NH2-].[Ni+3]. The van der Waals surface area contributed by atoms with E-state index in [2.05, 4.69) is 0 Å². The minimum atomic E-state index is -5.17.